The molecule has 25 heavy (non-hydrogen) atoms. The van der Waals surface area contributed by atoms with Crippen LogP contribution in [0.2, 0.25) is 0 Å². The molecule has 0 aromatic heterocycles. The second-order valence-electron chi connectivity index (χ2n) is 6.47. The largest absolute Gasteiger partial charge is 0.496 e. The van der Waals surface area contributed by atoms with Gasteiger partial charge in [0, 0.05) is 5.56 Å². The molecule has 0 N–H and O–H groups in total. The van der Waals surface area contributed by atoms with Gasteiger partial charge in [0.15, 0.2) is 0 Å². The topological polar surface area (TPSA) is 44.8 Å². The molecule has 0 aliphatic carbocycles. The van der Waals surface area contributed by atoms with Crippen molar-refractivity contribution < 1.29 is 19.0 Å². The summed E-state index contributed by atoms with van der Waals surface area (Å²) in [5, 5.41) is 0. The van der Waals surface area contributed by atoms with Crippen LogP contribution in [0.5, 0.6) is 17.2 Å². The molecule has 134 valence electrons. The lowest BCUT2D eigenvalue weighted by Crippen LogP contribution is -2.05. The zero-order valence-corrected chi connectivity index (χ0v) is 15.8. The lowest BCUT2D eigenvalue weighted by molar-refractivity contribution is -0.139. The summed E-state index contributed by atoms with van der Waals surface area (Å²) in [6.07, 6.45) is 0.262. The minimum Gasteiger partial charge on any atom is -0.496 e. The van der Waals surface area contributed by atoms with E-state index in [9.17, 15) is 4.79 Å². The predicted octanol–water partition coefficient (Wildman–Crippen LogP) is 4.94. The van der Waals surface area contributed by atoms with Gasteiger partial charge in [-0.25, -0.2) is 0 Å². The average Bonchev–Trinajstić information content (AvgIpc) is 2.57. The Kier molecular flexibility index (Phi) is 6.07. The molecule has 0 bridgehead atoms. The molecule has 0 heterocycles. The Morgan fingerprint density at radius 2 is 1.68 bits per heavy atom. The van der Waals surface area contributed by atoms with Gasteiger partial charge in [0.05, 0.1) is 20.6 Å². The van der Waals surface area contributed by atoms with Crippen molar-refractivity contribution in [2.75, 3.05) is 14.2 Å². The fourth-order valence-corrected chi connectivity index (χ4v) is 2.89. The van der Waals surface area contributed by atoms with Gasteiger partial charge in [0.25, 0.3) is 0 Å². The summed E-state index contributed by atoms with van der Waals surface area (Å²) in [5.74, 6) is 2.54. The number of benzene rings is 2. The van der Waals surface area contributed by atoms with Crippen LogP contribution in [0.4, 0.5) is 0 Å². The first-order valence-corrected chi connectivity index (χ1v) is 8.38. The van der Waals surface area contributed by atoms with Crippen molar-refractivity contribution in [1.82, 2.24) is 0 Å². The van der Waals surface area contributed by atoms with Crippen LogP contribution in [0.3, 0.4) is 0 Å². The third kappa shape index (κ3) is 4.53. The van der Waals surface area contributed by atoms with E-state index in [-0.39, 0.29) is 12.4 Å². The number of esters is 1. The minimum atomic E-state index is -0.246. The fourth-order valence-electron chi connectivity index (χ4n) is 2.89. The maximum Gasteiger partial charge on any atom is 0.309 e. The zero-order valence-electron chi connectivity index (χ0n) is 15.8. The van der Waals surface area contributed by atoms with E-state index in [1.807, 2.05) is 44.2 Å². The van der Waals surface area contributed by atoms with E-state index < -0.39 is 0 Å². The molecule has 0 unspecified atom stereocenters. The molecule has 2 aromatic rings. The van der Waals surface area contributed by atoms with Crippen LogP contribution in [-0.2, 0) is 16.0 Å². The summed E-state index contributed by atoms with van der Waals surface area (Å²) in [7, 11) is 3.07. The molecule has 0 aliphatic heterocycles. The molecule has 0 aliphatic rings. The highest BCUT2D eigenvalue weighted by Gasteiger charge is 2.13. The molecule has 0 fully saturated rings. The van der Waals surface area contributed by atoms with Gasteiger partial charge in [0.1, 0.15) is 17.2 Å². The van der Waals surface area contributed by atoms with Crippen molar-refractivity contribution in [1.29, 1.82) is 0 Å². The Morgan fingerprint density at radius 3 is 2.20 bits per heavy atom. The number of ether oxygens (including phenoxy) is 3. The molecule has 2 rings (SSSR count). The van der Waals surface area contributed by atoms with E-state index in [0.29, 0.717) is 5.92 Å². The van der Waals surface area contributed by atoms with Crippen LogP contribution in [-0.4, -0.2) is 20.2 Å². The lowest BCUT2D eigenvalue weighted by atomic mass is 10.0. The van der Waals surface area contributed by atoms with Gasteiger partial charge in [0.2, 0.25) is 0 Å². The van der Waals surface area contributed by atoms with Crippen molar-refractivity contribution in [2.24, 2.45) is 0 Å². The summed E-state index contributed by atoms with van der Waals surface area (Å²) in [6, 6.07) is 9.79. The number of hydrogen-bond acceptors (Lipinski definition) is 4. The fraction of sp³-hybridized carbons (Fsp3) is 0.381. The Labute approximate surface area is 149 Å². The molecule has 0 radical (unpaired) electrons. The summed E-state index contributed by atoms with van der Waals surface area (Å²) >= 11 is 0. The van der Waals surface area contributed by atoms with Gasteiger partial charge in [-0.3, -0.25) is 4.79 Å². The Bertz CT molecular complexity index is 739. The SMILES string of the molecule is COC(=O)Cc1cc(C)c(Oc2ccc(OC)c(C(C)C)c2)c(C)c1. The Morgan fingerprint density at radius 1 is 1.04 bits per heavy atom. The Hall–Kier alpha value is -2.49. The van der Waals surface area contributed by atoms with Crippen molar-refractivity contribution in [3.63, 3.8) is 0 Å². The van der Waals surface area contributed by atoms with E-state index in [2.05, 4.69) is 13.8 Å². The van der Waals surface area contributed by atoms with Gasteiger partial charge in [-0.15, -0.1) is 0 Å². The maximum atomic E-state index is 11.5. The molecule has 0 atom stereocenters. The van der Waals surface area contributed by atoms with E-state index in [0.717, 1.165) is 39.5 Å². The minimum absolute atomic E-state index is 0.246. The number of carbonyl (C=O) groups excluding carboxylic acids is 1. The van der Waals surface area contributed by atoms with Crippen LogP contribution < -0.4 is 9.47 Å². The van der Waals surface area contributed by atoms with Gasteiger partial charge in [-0.2, -0.15) is 0 Å². The Balaban J connectivity index is 2.31. The molecular weight excluding hydrogens is 316 g/mol. The van der Waals surface area contributed by atoms with E-state index >= 15 is 0 Å². The second kappa shape index (κ2) is 8.06. The first-order valence-electron chi connectivity index (χ1n) is 8.38. The number of carbonyl (C=O) groups is 1. The number of hydrogen-bond donors (Lipinski definition) is 0. The summed E-state index contributed by atoms with van der Waals surface area (Å²) < 4.78 is 16.3. The smallest absolute Gasteiger partial charge is 0.309 e. The summed E-state index contributed by atoms with van der Waals surface area (Å²) in [6.45, 7) is 8.21. The van der Waals surface area contributed by atoms with E-state index in [1.54, 1.807) is 7.11 Å². The third-order valence-electron chi connectivity index (χ3n) is 4.14. The normalized spacial score (nSPS) is 10.7. The molecule has 0 saturated heterocycles. The number of methoxy groups -OCH3 is 2. The predicted molar refractivity (Wildman–Crippen MR) is 98.8 cm³/mol. The van der Waals surface area contributed by atoms with E-state index in [4.69, 9.17) is 14.2 Å². The monoisotopic (exact) mass is 342 g/mol. The van der Waals surface area contributed by atoms with Crippen LogP contribution in [0.25, 0.3) is 0 Å². The van der Waals surface area contributed by atoms with Crippen LogP contribution in [0.1, 0.15) is 42.0 Å². The van der Waals surface area contributed by atoms with Crippen LogP contribution >= 0.6 is 0 Å². The highest BCUT2D eigenvalue weighted by atomic mass is 16.5. The molecule has 0 amide bonds. The molecule has 4 heteroatoms. The zero-order chi connectivity index (χ0) is 18.6. The molecule has 0 spiro atoms. The molecule has 4 nitrogen and oxygen atoms in total. The maximum absolute atomic E-state index is 11.5. The highest BCUT2D eigenvalue weighted by Crippen LogP contribution is 2.35. The quantitative estimate of drug-likeness (QED) is 0.697. The first-order chi connectivity index (χ1) is 11.8. The number of rotatable bonds is 6. The summed E-state index contributed by atoms with van der Waals surface area (Å²) in [5.41, 5.74) is 4.01. The van der Waals surface area contributed by atoms with Gasteiger partial charge < -0.3 is 14.2 Å². The molecular formula is C21H26O4. The van der Waals surface area contributed by atoms with E-state index in [1.165, 1.54) is 7.11 Å². The van der Waals surface area contributed by atoms with Gasteiger partial charge in [-0.05, 0) is 54.7 Å². The van der Waals surface area contributed by atoms with Gasteiger partial charge >= 0.3 is 5.97 Å². The van der Waals surface area contributed by atoms with Crippen LogP contribution in [0.15, 0.2) is 30.3 Å². The molecule has 2 aromatic carbocycles. The highest BCUT2D eigenvalue weighted by molar-refractivity contribution is 5.72. The van der Waals surface area contributed by atoms with Crippen molar-refractivity contribution >= 4 is 5.97 Å². The lowest BCUT2D eigenvalue weighted by Gasteiger charge is -2.17. The number of aryl methyl sites for hydroxylation is 2. The van der Waals surface area contributed by atoms with Gasteiger partial charge in [-0.1, -0.05) is 26.0 Å². The van der Waals surface area contributed by atoms with Crippen molar-refractivity contribution in [2.45, 2.75) is 40.0 Å². The van der Waals surface area contributed by atoms with Crippen molar-refractivity contribution in [3.05, 3.63) is 52.6 Å². The van der Waals surface area contributed by atoms with Crippen molar-refractivity contribution in [3.8, 4) is 17.2 Å². The summed E-state index contributed by atoms with van der Waals surface area (Å²) in [4.78, 5) is 11.5. The molecule has 0 saturated carbocycles. The third-order valence-corrected chi connectivity index (χ3v) is 4.14. The second-order valence-corrected chi connectivity index (χ2v) is 6.47. The van der Waals surface area contributed by atoms with Crippen LogP contribution in [0, 0.1) is 13.8 Å². The first kappa shape index (κ1) is 18.8. The average molecular weight is 342 g/mol. The standard InChI is InChI=1S/C21H26O4/c1-13(2)18-12-17(7-8-19(18)23-5)25-21-14(3)9-16(10-15(21)4)11-20(22)24-6/h7-10,12-13H,11H2,1-6H3.